The van der Waals surface area contributed by atoms with Crippen LogP contribution in [0, 0.1) is 0 Å². The zero-order chi connectivity index (χ0) is 13.9. The summed E-state index contributed by atoms with van der Waals surface area (Å²) >= 11 is 0. The van der Waals surface area contributed by atoms with E-state index in [0.717, 1.165) is 44.1 Å². The Morgan fingerprint density at radius 2 is 1.89 bits per heavy atom. The summed E-state index contributed by atoms with van der Waals surface area (Å²) in [6, 6.07) is 7.09. The second-order valence-corrected chi connectivity index (χ2v) is 4.45. The van der Waals surface area contributed by atoms with Crippen molar-refractivity contribution in [2.75, 3.05) is 6.61 Å². The van der Waals surface area contributed by atoms with Gasteiger partial charge in [-0.05, 0) is 25.0 Å². The van der Waals surface area contributed by atoms with Crippen LogP contribution in [0.2, 0.25) is 0 Å². The van der Waals surface area contributed by atoms with E-state index in [1.165, 1.54) is 0 Å². The third kappa shape index (κ3) is 7.24. The topological polar surface area (TPSA) is 63.6 Å². The van der Waals surface area contributed by atoms with E-state index < -0.39 is 5.97 Å². The number of aliphatic carboxylic acids is 1. The summed E-state index contributed by atoms with van der Waals surface area (Å²) in [7, 11) is 0. The zero-order valence-corrected chi connectivity index (χ0v) is 11.0. The Kier molecular flexibility index (Phi) is 7.32. The number of hydrogen-bond donors (Lipinski definition) is 1. The third-order valence-electron chi connectivity index (χ3n) is 2.80. The SMILES string of the molecule is O=Cc1cccc(OCCCCCCCC(=O)O)c1. The molecule has 1 aromatic rings. The van der Waals surface area contributed by atoms with Crippen molar-refractivity contribution in [3.8, 4) is 5.75 Å². The molecule has 0 atom stereocenters. The highest BCUT2D eigenvalue weighted by atomic mass is 16.5. The van der Waals surface area contributed by atoms with Crippen LogP contribution in [0.3, 0.4) is 0 Å². The molecule has 0 heterocycles. The summed E-state index contributed by atoms with van der Waals surface area (Å²) in [5, 5.41) is 8.48. The lowest BCUT2D eigenvalue weighted by Crippen LogP contribution is -1.98. The largest absolute Gasteiger partial charge is 0.494 e. The molecule has 0 unspecified atom stereocenters. The number of hydrogen-bond acceptors (Lipinski definition) is 3. The second-order valence-electron chi connectivity index (χ2n) is 4.45. The number of carboxylic acids is 1. The minimum Gasteiger partial charge on any atom is -0.494 e. The van der Waals surface area contributed by atoms with Crippen molar-refractivity contribution < 1.29 is 19.4 Å². The Labute approximate surface area is 113 Å². The van der Waals surface area contributed by atoms with Gasteiger partial charge in [0.2, 0.25) is 0 Å². The van der Waals surface area contributed by atoms with Gasteiger partial charge in [-0.25, -0.2) is 0 Å². The average Bonchev–Trinajstić information content (AvgIpc) is 2.41. The fourth-order valence-electron chi connectivity index (χ4n) is 1.78. The van der Waals surface area contributed by atoms with Gasteiger partial charge in [0.15, 0.2) is 0 Å². The minimum atomic E-state index is -0.724. The molecule has 0 amide bonds. The highest BCUT2D eigenvalue weighted by Crippen LogP contribution is 2.13. The van der Waals surface area contributed by atoms with Crippen LogP contribution in [-0.2, 0) is 4.79 Å². The molecule has 4 heteroatoms. The maximum Gasteiger partial charge on any atom is 0.303 e. The van der Waals surface area contributed by atoms with Crippen LogP contribution in [-0.4, -0.2) is 24.0 Å². The van der Waals surface area contributed by atoms with Crippen molar-refractivity contribution >= 4 is 12.3 Å². The van der Waals surface area contributed by atoms with Crippen LogP contribution in [0.25, 0.3) is 0 Å². The molecule has 0 aliphatic heterocycles. The molecule has 104 valence electrons. The van der Waals surface area contributed by atoms with Gasteiger partial charge in [-0.1, -0.05) is 31.4 Å². The summed E-state index contributed by atoms with van der Waals surface area (Å²) in [5.74, 6) is -0.00568. The van der Waals surface area contributed by atoms with E-state index in [0.29, 0.717) is 12.2 Å². The fraction of sp³-hybridized carbons (Fsp3) is 0.467. The van der Waals surface area contributed by atoms with Crippen LogP contribution in [0.1, 0.15) is 48.9 Å². The number of carboxylic acid groups (broad SMARTS) is 1. The number of carbonyl (C=O) groups is 2. The van der Waals surface area contributed by atoms with Gasteiger partial charge in [0.05, 0.1) is 6.61 Å². The number of carbonyl (C=O) groups excluding carboxylic acids is 1. The molecule has 0 radical (unpaired) electrons. The summed E-state index contributed by atoms with van der Waals surface area (Å²) in [6.45, 7) is 0.626. The number of unbranched alkanes of at least 4 members (excludes halogenated alkanes) is 4. The summed E-state index contributed by atoms with van der Waals surface area (Å²) in [6.07, 6.45) is 5.77. The Bertz CT molecular complexity index is 401. The van der Waals surface area contributed by atoms with Crippen LogP contribution in [0.5, 0.6) is 5.75 Å². The van der Waals surface area contributed by atoms with E-state index in [1.807, 2.05) is 6.07 Å². The monoisotopic (exact) mass is 264 g/mol. The molecule has 0 aliphatic carbocycles. The first-order valence-electron chi connectivity index (χ1n) is 6.62. The molecular weight excluding hydrogens is 244 g/mol. The van der Waals surface area contributed by atoms with Gasteiger partial charge < -0.3 is 9.84 Å². The maximum absolute atomic E-state index is 10.6. The van der Waals surface area contributed by atoms with Crippen LogP contribution >= 0.6 is 0 Å². The second kappa shape index (κ2) is 9.14. The van der Waals surface area contributed by atoms with E-state index in [4.69, 9.17) is 9.84 Å². The predicted molar refractivity (Wildman–Crippen MR) is 72.7 cm³/mol. The summed E-state index contributed by atoms with van der Waals surface area (Å²) < 4.78 is 5.54. The van der Waals surface area contributed by atoms with E-state index in [1.54, 1.807) is 18.2 Å². The van der Waals surface area contributed by atoms with Crippen LogP contribution in [0.4, 0.5) is 0 Å². The Morgan fingerprint density at radius 1 is 1.16 bits per heavy atom. The lowest BCUT2D eigenvalue weighted by Gasteiger charge is -2.06. The van der Waals surface area contributed by atoms with Crippen molar-refractivity contribution in [1.82, 2.24) is 0 Å². The van der Waals surface area contributed by atoms with E-state index >= 15 is 0 Å². The van der Waals surface area contributed by atoms with Crippen molar-refractivity contribution in [3.05, 3.63) is 29.8 Å². The lowest BCUT2D eigenvalue weighted by atomic mass is 10.1. The average molecular weight is 264 g/mol. The fourth-order valence-corrected chi connectivity index (χ4v) is 1.78. The van der Waals surface area contributed by atoms with Crippen molar-refractivity contribution in [2.24, 2.45) is 0 Å². The van der Waals surface area contributed by atoms with Gasteiger partial charge in [-0.15, -0.1) is 0 Å². The molecule has 19 heavy (non-hydrogen) atoms. The van der Waals surface area contributed by atoms with Gasteiger partial charge in [0, 0.05) is 12.0 Å². The third-order valence-corrected chi connectivity index (χ3v) is 2.80. The highest BCUT2D eigenvalue weighted by molar-refractivity contribution is 5.75. The first-order chi connectivity index (χ1) is 9.22. The molecule has 0 aliphatic rings. The normalized spacial score (nSPS) is 10.1. The molecule has 0 spiro atoms. The van der Waals surface area contributed by atoms with Crippen molar-refractivity contribution in [1.29, 1.82) is 0 Å². The van der Waals surface area contributed by atoms with Gasteiger partial charge in [-0.3, -0.25) is 9.59 Å². The Morgan fingerprint density at radius 3 is 2.63 bits per heavy atom. The standard InChI is InChI=1S/C15H20O4/c16-12-13-7-6-8-14(11-13)19-10-5-3-1-2-4-9-15(17)18/h6-8,11-12H,1-5,9-10H2,(H,17,18). The molecule has 1 rings (SSSR count). The van der Waals surface area contributed by atoms with Gasteiger partial charge >= 0.3 is 5.97 Å². The van der Waals surface area contributed by atoms with Gasteiger partial charge in [0.1, 0.15) is 12.0 Å². The highest BCUT2D eigenvalue weighted by Gasteiger charge is 1.98. The molecule has 1 N–H and O–H groups in total. The van der Waals surface area contributed by atoms with Crippen LogP contribution < -0.4 is 4.74 Å². The maximum atomic E-state index is 10.6. The smallest absolute Gasteiger partial charge is 0.303 e. The number of benzene rings is 1. The summed E-state index contributed by atoms with van der Waals surface area (Å²) in [4.78, 5) is 20.9. The van der Waals surface area contributed by atoms with Gasteiger partial charge in [0.25, 0.3) is 0 Å². The molecule has 4 nitrogen and oxygen atoms in total. The van der Waals surface area contributed by atoms with E-state index in [-0.39, 0.29) is 6.42 Å². The lowest BCUT2D eigenvalue weighted by molar-refractivity contribution is -0.137. The molecule has 0 saturated heterocycles. The molecule has 1 aromatic carbocycles. The van der Waals surface area contributed by atoms with Crippen molar-refractivity contribution in [2.45, 2.75) is 38.5 Å². The summed E-state index contributed by atoms with van der Waals surface area (Å²) in [5.41, 5.74) is 0.617. The molecule has 0 saturated carbocycles. The van der Waals surface area contributed by atoms with E-state index in [2.05, 4.69) is 0 Å². The van der Waals surface area contributed by atoms with Crippen LogP contribution in [0.15, 0.2) is 24.3 Å². The molecule has 0 fully saturated rings. The number of ether oxygens (including phenoxy) is 1. The first-order valence-corrected chi connectivity index (χ1v) is 6.62. The Balaban J connectivity index is 2.04. The van der Waals surface area contributed by atoms with Gasteiger partial charge in [-0.2, -0.15) is 0 Å². The Hall–Kier alpha value is -1.84. The molecule has 0 bridgehead atoms. The minimum absolute atomic E-state index is 0.259. The van der Waals surface area contributed by atoms with Crippen molar-refractivity contribution in [3.63, 3.8) is 0 Å². The predicted octanol–water partition coefficient (Wildman–Crippen LogP) is 3.30. The zero-order valence-electron chi connectivity index (χ0n) is 11.0. The molecular formula is C15H20O4. The van der Waals surface area contributed by atoms with E-state index in [9.17, 15) is 9.59 Å². The number of aldehydes is 1. The first kappa shape index (κ1) is 15.2. The number of rotatable bonds is 10. The molecule has 0 aromatic heterocycles. The quantitative estimate of drug-likeness (QED) is 0.520.